The predicted molar refractivity (Wildman–Crippen MR) is 97.5 cm³/mol. The highest BCUT2D eigenvalue weighted by Crippen LogP contribution is 2.39. The van der Waals surface area contributed by atoms with Crippen LogP contribution in [-0.4, -0.2) is 26.4 Å². The molecule has 1 aliphatic rings. The average molecular weight is 344 g/mol. The van der Waals surface area contributed by atoms with Crippen LogP contribution in [0.25, 0.3) is 0 Å². The zero-order valence-corrected chi connectivity index (χ0v) is 15.5. The summed E-state index contributed by atoms with van der Waals surface area (Å²) in [7, 11) is 1.97. The fraction of sp³-hybridized carbons (Fsp3) is 0.500. The first-order chi connectivity index (χ1) is 11.3. The molecule has 1 aliphatic carbocycles. The molecule has 0 bridgehead atoms. The van der Waals surface area contributed by atoms with Gasteiger partial charge in [0.05, 0.1) is 5.75 Å². The summed E-state index contributed by atoms with van der Waals surface area (Å²) < 4.78 is 2.01. The lowest BCUT2D eigenvalue weighted by molar-refractivity contribution is -0.113. The lowest BCUT2D eigenvalue weighted by Gasteiger charge is -2.19. The van der Waals surface area contributed by atoms with E-state index in [1.807, 2.05) is 23.7 Å². The third-order valence-electron chi connectivity index (χ3n) is 4.18. The van der Waals surface area contributed by atoms with Gasteiger partial charge < -0.3 is 9.88 Å². The van der Waals surface area contributed by atoms with Gasteiger partial charge in [0.2, 0.25) is 5.91 Å². The van der Waals surface area contributed by atoms with Gasteiger partial charge in [0, 0.05) is 18.7 Å². The fourth-order valence-electron chi connectivity index (χ4n) is 2.53. The van der Waals surface area contributed by atoms with Crippen LogP contribution in [0.5, 0.6) is 0 Å². The molecule has 24 heavy (non-hydrogen) atoms. The molecule has 1 aromatic carbocycles. The number of hydrogen-bond donors (Lipinski definition) is 1. The second-order valence-electron chi connectivity index (χ2n) is 7.34. The molecule has 2 aromatic rings. The van der Waals surface area contributed by atoms with E-state index >= 15 is 0 Å². The Hall–Kier alpha value is -1.82. The van der Waals surface area contributed by atoms with Gasteiger partial charge in [-0.15, -0.1) is 10.2 Å². The molecule has 6 heteroatoms. The van der Waals surface area contributed by atoms with Gasteiger partial charge in [-0.2, -0.15) is 0 Å². The minimum Gasteiger partial charge on any atom is -0.325 e. The van der Waals surface area contributed by atoms with Crippen molar-refractivity contribution in [2.45, 2.75) is 50.1 Å². The molecule has 0 unspecified atom stereocenters. The van der Waals surface area contributed by atoms with Gasteiger partial charge in [-0.25, -0.2) is 0 Å². The lowest BCUT2D eigenvalue weighted by Crippen LogP contribution is -2.15. The Kier molecular flexibility index (Phi) is 4.67. The number of carbonyl (C=O) groups is 1. The van der Waals surface area contributed by atoms with Crippen LogP contribution in [0.4, 0.5) is 5.69 Å². The maximum atomic E-state index is 12.1. The van der Waals surface area contributed by atoms with Crippen molar-refractivity contribution in [1.29, 1.82) is 0 Å². The standard InChI is InChI=1S/C18H24N4OS/c1-18(2,3)13-7-9-14(10-8-13)19-15(23)11-24-17-21-20-16(22(17)4)12-5-6-12/h7-10,12H,5-6,11H2,1-4H3,(H,19,23). The third-order valence-corrected chi connectivity index (χ3v) is 5.20. The van der Waals surface area contributed by atoms with Crippen LogP contribution in [0.15, 0.2) is 29.4 Å². The first-order valence-corrected chi connectivity index (χ1v) is 9.25. The highest BCUT2D eigenvalue weighted by molar-refractivity contribution is 7.99. The minimum atomic E-state index is -0.0283. The van der Waals surface area contributed by atoms with E-state index in [1.165, 1.54) is 30.2 Å². The van der Waals surface area contributed by atoms with E-state index in [1.54, 1.807) is 0 Å². The van der Waals surface area contributed by atoms with Crippen LogP contribution in [0.3, 0.4) is 0 Å². The van der Waals surface area contributed by atoms with Crippen LogP contribution in [0.2, 0.25) is 0 Å². The van der Waals surface area contributed by atoms with E-state index < -0.39 is 0 Å². The molecule has 1 N–H and O–H groups in total. The quantitative estimate of drug-likeness (QED) is 0.840. The number of carbonyl (C=O) groups excluding carboxylic acids is 1. The van der Waals surface area contributed by atoms with Crippen LogP contribution in [-0.2, 0) is 17.3 Å². The van der Waals surface area contributed by atoms with Gasteiger partial charge in [0.25, 0.3) is 0 Å². The second-order valence-corrected chi connectivity index (χ2v) is 8.28. The number of aromatic nitrogens is 3. The Morgan fingerprint density at radius 2 is 1.92 bits per heavy atom. The van der Waals surface area contributed by atoms with Gasteiger partial charge in [-0.05, 0) is 36.0 Å². The van der Waals surface area contributed by atoms with E-state index in [2.05, 4.69) is 48.4 Å². The number of anilines is 1. The summed E-state index contributed by atoms with van der Waals surface area (Å²) in [5.41, 5.74) is 2.19. The Morgan fingerprint density at radius 3 is 2.50 bits per heavy atom. The Bertz CT molecular complexity index is 726. The molecule has 0 atom stereocenters. The van der Waals surface area contributed by atoms with Crippen LogP contribution in [0, 0.1) is 0 Å². The highest BCUT2D eigenvalue weighted by atomic mass is 32.2. The molecule has 5 nitrogen and oxygen atoms in total. The van der Waals surface area contributed by atoms with Crippen molar-refractivity contribution in [3.63, 3.8) is 0 Å². The average Bonchev–Trinajstić information content (AvgIpc) is 3.29. The van der Waals surface area contributed by atoms with Crippen molar-refractivity contribution >= 4 is 23.4 Å². The number of thioether (sulfide) groups is 1. The number of amides is 1. The Morgan fingerprint density at radius 1 is 1.25 bits per heavy atom. The molecule has 0 radical (unpaired) electrons. The molecule has 0 saturated heterocycles. The lowest BCUT2D eigenvalue weighted by atomic mass is 9.87. The molecular formula is C18H24N4OS. The van der Waals surface area contributed by atoms with Gasteiger partial charge in [-0.3, -0.25) is 4.79 Å². The van der Waals surface area contributed by atoms with E-state index in [4.69, 9.17) is 0 Å². The number of hydrogen-bond acceptors (Lipinski definition) is 4. The minimum absolute atomic E-state index is 0.0283. The van der Waals surface area contributed by atoms with Gasteiger partial charge in [-0.1, -0.05) is 44.7 Å². The predicted octanol–water partition coefficient (Wildman–Crippen LogP) is 3.72. The Labute approximate surface area is 147 Å². The van der Waals surface area contributed by atoms with Gasteiger partial charge in [0.15, 0.2) is 5.16 Å². The molecule has 1 fully saturated rings. The van der Waals surface area contributed by atoms with Crippen LogP contribution >= 0.6 is 11.8 Å². The summed E-state index contributed by atoms with van der Waals surface area (Å²) in [5, 5.41) is 12.2. The SMILES string of the molecule is Cn1c(SCC(=O)Nc2ccc(C(C)(C)C)cc2)nnc1C1CC1. The first kappa shape index (κ1) is 17.0. The van der Waals surface area contributed by atoms with Crippen molar-refractivity contribution in [3.8, 4) is 0 Å². The van der Waals surface area contributed by atoms with Crippen molar-refractivity contribution in [2.24, 2.45) is 7.05 Å². The van der Waals surface area contributed by atoms with E-state index in [-0.39, 0.29) is 11.3 Å². The number of benzene rings is 1. The van der Waals surface area contributed by atoms with Crippen molar-refractivity contribution in [1.82, 2.24) is 14.8 Å². The molecule has 1 amide bonds. The topological polar surface area (TPSA) is 59.8 Å². The Balaban J connectivity index is 1.54. The largest absolute Gasteiger partial charge is 0.325 e. The summed E-state index contributed by atoms with van der Waals surface area (Å²) in [5.74, 6) is 1.90. The maximum Gasteiger partial charge on any atom is 0.234 e. The number of nitrogens with zero attached hydrogens (tertiary/aromatic N) is 3. The molecule has 3 rings (SSSR count). The van der Waals surface area contributed by atoms with Crippen LogP contribution in [0.1, 0.15) is 50.9 Å². The summed E-state index contributed by atoms with van der Waals surface area (Å²) >= 11 is 1.43. The van der Waals surface area contributed by atoms with E-state index in [9.17, 15) is 4.79 Å². The zero-order chi connectivity index (χ0) is 17.3. The first-order valence-electron chi connectivity index (χ1n) is 8.27. The van der Waals surface area contributed by atoms with Crippen LogP contribution < -0.4 is 5.32 Å². The molecule has 1 aromatic heterocycles. The van der Waals surface area contributed by atoms with Crippen molar-refractivity contribution in [2.75, 3.05) is 11.1 Å². The molecule has 1 saturated carbocycles. The zero-order valence-electron chi connectivity index (χ0n) is 14.7. The molecule has 0 aliphatic heterocycles. The monoisotopic (exact) mass is 344 g/mol. The second kappa shape index (κ2) is 6.59. The van der Waals surface area contributed by atoms with E-state index in [0.717, 1.165) is 16.7 Å². The smallest absolute Gasteiger partial charge is 0.234 e. The highest BCUT2D eigenvalue weighted by Gasteiger charge is 2.29. The maximum absolute atomic E-state index is 12.1. The summed E-state index contributed by atoms with van der Waals surface area (Å²) in [4.78, 5) is 12.1. The number of rotatable bonds is 5. The van der Waals surface area contributed by atoms with E-state index in [0.29, 0.717) is 11.7 Å². The summed E-state index contributed by atoms with van der Waals surface area (Å²) in [6.07, 6.45) is 2.39. The van der Waals surface area contributed by atoms with Crippen molar-refractivity contribution in [3.05, 3.63) is 35.7 Å². The normalized spacial score (nSPS) is 14.7. The van der Waals surface area contributed by atoms with Gasteiger partial charge >= 0.3 is 0 Å². The number of nitrogens with one attached hydrogen (secondary N) is 1. The third kappa shape index (κ3) is 3.98. The summed E-state index contributed by atoms with van der Waals surface area (Å²) in [6.45, 7) is 6.52. The molecule has 128 valence electrons. The molecular weight excluding hydrogens is 320 g/mol. The van der Waals surface area contributed by atoms with Gasteiger partial charge in [0.1, 0.15) is 5.82 Å². The molecule has 1 heterocycles. The molecule has 0 spiro atoms. The fourth-order valence-corrected chi connectivity index (χ4v) is 3.25. The summed E-state index contributed by atoms with van der Waals surface area (Å²) in [6, 6.07) is 8.04. The van der Waals surface area contributed by atoms with Crippen molar-refractivity contribution < 1.29 is 4.79 Å².